The molecule has 0 fully saturated rings. The third kappa shape index (κ3) is 8.82. The second-order valence-electron chi connectivity index (χ2n) is 0. The molecule has 0 N–H and O–H groups in total. The zero-order valence-corrected chi connectivity index (χ0v) is 8.56. The Kier molecular flexibility index (Phi) is 71.3. The predicted octanol–water partition coefficient (Wildman–Crippen LogP) is 0.460. The molecule has 0 amide bonds. The zero-order chi connectivity index (χ0) is 2.00. The Morgan fingerprint density at radius 3 is 1.25 bits per heavy atom. The van der Waals surface area contributed by atoms with Crippen LogP contribution in [0, 0.1) is 0 Å². The van der Waals surface area contributed by atoms with Crippen molar-refractivity contribution in [1.29, 1.82) is 0 Å². The average Bonchev–Trinajstić information content (AvgIpc) is 1.00. The van der Waals surface area contributed by atoms with E-state index in [1.165, 1.54) is 0 Å². The summed E-state index contributed by atoms with van der Waals surface area (Å²) < 4.78 is 0. The standard InChI is InChI=1S/2ClH.Hg.Na.H/h2*1H;;;/q;;+1;;/p-1. The van der Waals surface area contributed by atoms with Crippen LogP contribution >= 0.6 is 20.7 Å². The first-order valence-corrected chi connectivity index (χ1v) is 7.04. The summed E-state index contributed by atoms with van der Waals surface area (Å²) >= 11 is 0.500. The third-order valence-corrected chi connectivity index (χ3v) is 0. The van der Waals surface area contributed by atoms with Crippen LogP contribution < -0.4 is 0 Å². The minimum absolute atomic E-state index is 0. The van der Waals surface area contributed by atoms with E-state index in [1.807, 2.05) is 0 Å². The molecule has 0 bridgehead atoms. The number of hydrogen-bond acceptors (Lipinski definition) is 0. The molecule has 0 spiro atoms. The second kappa shape index (κ2) is 17.8. The van der Waals surface area contributed by atoms with E-state index in [0.29, 0.717) is 24.9 Å². The number of halogens is 2. The van der Waals surface area contributed by atoms with Gasteiger partial charge in [0.2, 0.25) is 0 Å². The molecule has 0 saturated heterocycles. The van der Waals surface area contributed by atoms with E-state index >= 15 is 0 Å². The van der Waals surface area contributed by atoms with Gasteiger partial charge in [0.05, 0.1) is 0 Å². The summed E-state index contributed by atoms with van der Waals surface area (Å²) in [5.41, 5.74) is 0. The van der Waals surface area contributed by atoms with Gasteiger partial charge in [-0.05, 0) is 0 Å². The summed E-state index contributed by atoms with van der Waals surface area (Å²) in [6.07, 6.45) is 0. The van der Waals surface area contributed by atoms with Gasteiger partial charge in [0.15, 0.2) is 0 Å². The van der Waals surface area contributed by atoms with Crippen molar-refractivity contribution >= 4 is 50.2 Å². The van der Waals surface area contributed by atoms with Gasteiger partial charge in [-0.3, -0.25) is 0 Å². The van der Waals surface area contributed by atoms with Gasteiger partial charge in [-0.2, -0.15) is 0 Å². The topological polar surface area (TPSA) is 0 Å². The molecule has 19 valence electrons. The summed E-state index contributed by atoms with van der Waals surface area (Å²) in [7, 11) is 4.83. The molecular weight excluding hydrogens is 294 g/mol. The van der Waals surface area contributed by atoms with Gasteiger partial charge >= 0.3 is 62.7 Å². The van der Waals surface area contributed by atoms with Crippen LogP contribution in [0.1, 0.15) is 0 Å². The van der Waals surface area contributed by atoms with Gasteiger partial charge < -0.3 is 0 Å². The van der Waals surface area contributed by atoms with E-state index in [2.05, 4.69) is 0 Å². The molecule has 0 aliphatic rings. The van der Waals surface area contributed by atoms with Gasteiger partial charge in [0, 0.05) is 0 Å². The maximum absolute atomic E-state index is 4.83. The Labute approximate surface area is 73.8 Å². The molecular formula is H2Cl2HgNa. The first-order valence-electron chi connectivity index (χ1n) is 0.267. The summed E-state index contributed by atoms with van der Waals surface area (Å²) in [5, 5.41) is 0. The van der Waals surface area contributed by atoms with E-state index in [-0.39, 0.29) is 42.0 Å². The van der Waals surface area contributed by atoms with E-state index in [0.717, 1.165) is 0 Å². The molecule has 0 aromatic heterocycles. The quantitative estimate of drug-likeness (QED) is 0.570. The second-order valence-corrected chi connectivity index (χ2v) is 0. The van der Waals surface area contributed by atoms with Crippen molar-refractivity contribution in [3.63, 3.8) is 0 Å². The molecule has 0 aromatic rings. The fourth-order valence-corrected chi connectivity index (χ4v) is 0. The van der Waals surface area contributed by atoms with Crippen molar-refractivity contribution in [3.8, 4) is 0 Å². The number of hydrogen-bond donors (Lipinski definition) is 0. The Balaban J connectivity index is -0.00000000500. The zero-order valence-electron chi connectivity index (χ0n) is 1.49. The third-order valence-electron chi connectivity index (χ3n) is 0. The Morgan fingerprint density at radius 1 is 1.25 bits per heavy atom. The van der Waals surface area contributed by atoms with Gasteiger partial charge in [0.25, 0.3) is 0 Å². The fraction of sp³-hybridized carbons (Fsp3) is 0. The van der Waals surface area contributed by atoms with Crippen molar-refractivity contribution in [1.82, 2.24) is 0 Å². The van der Waals surface area contributed by atoms with Crippen LogP contribution in [0.3, 0.4) is 0 Å². The van der Waals surface area contributed by atoms with Gasteiger partial charge in [0.1, 0.15) is 0 Å². The molecule has 0 unspecified atom stereocenters. The summed E-state index contributed by atoms with van der Waals surface area (Å²) in [4.78, 5) is 0. The first-order chi connectivity index (χ1) is 1.00. The van der Waals surface area contributed by atoms with Crippen LogP contribution in [0.15, 0.2) is 0 Å². The molecule has 4 heavy (non-hydrogen) atoms. The normalized spacial score (nSPS) is 1.75. The van der Waals surface area contributed by atoms with Crippen molar-refractivity contribution < 1.29 is 24.9 Å². The minimum atomic E-state index is 0. The summed E-state index contributed by atoms with van der Waals surface area (Å²) in [6, 6.07) is 0. The molecule has 0 aliphatic carbocycles. The average molecular weight is 297 g/mol. The molecule has 0 radical (unpaired) electrons. The van der Waals surface area contributed by atoms with Gasteiger partial charge in [-0.25, -0.2) is 0 Å². The van der Waals surface area contributed by atoms with Gasteiger partial charge in [-0.15, -0.1) is 12.4 Å². The monoisotopic (exact) mass is 297 g/mol. The molecule has 0 atom stereocenters. The van der Waals surface area contributed by atoms with Crippen LogP contribution in [0.2, 0.25) is 0 Å². The van der Waals surface area contributed by atoms with E-state index < -0.39 is 0 Å². The number of rotatable bonds is 0. The Morgan fingerprint density at radius 2 is 1.25 bits per heavy atom. The van der Waals surface area contributed by atoms with Crippen LogP contribution in [0.25, 0.3) is 0 Å². The molecule has 0 saturated carbocycles. The van der Waals surface area contributed by atoms with Crippen molar-refractivity contribution in [2.45, 2.75) is 0 Å². The van der Waals surface area contributed by atoms with Crippen molar-refractivity contribution in [2.75, 3.05) is 0 Å². The fourth-order valence-electron chi connectivity index (χ4n) is 0. The molecule has 0 aliphatic heterocycles. The van der Waals surface area contributed by atoms with Gasteiger partial charge in [-0.1, -0.05) is 0 Å². The molecule has 0 heterocycles. The van der Waals surface area contributed by atoms with E-state index in [4.69, 9.17) is 8.25 Å². The summed E-state index contributed by atoms with van der Waals surface area (Å²) in [5.74, 6) is 0. The SMILES string of the molecule is Cl.[Cl][Hg].[NaH]. The van der Waals surface area contributed by atoms with E-state index in [9.17, 15) is 0 Å². The molecule has 0 rings (SSSR count). The Bertz CT molecular complexity index is 6.00. The van der Waals surface area contributed by atoms with Crippen LogP contribution in [0.5, 0.6) is 0 Å². The maximum atomic E-state index is 4.83. The molecule has 0 aromatic carbocycles. The summed E-state index contributed by atoms with van der Waals surface area (Å²) in [6.45, 7) is 0. The molecule has 0 nitrogen and oxygen atoms in total. The van der Waals surface area contributed by atoms with Crippen molar-refractivity contribution in [2.24, 2.45) is 0 Å². The predicted molar refractivity (Wildman–Crippen MR) is 20.2 cm³/mol. The van der Waals surface area contributed by atoms with Crippen LogP contribution in [-0.4, -0.2) is 29.6 Å². The first kappa shape index (κ1) is 16.0. The van der Waals surface area contributed by atoms with Crippen LogP contribution in [-0.2, 0) is 24.9 Å². The van der Waals surface area contributed by atoms with Crippen molar-refractivity contribution in [3.05, 3.63) is 0 Å². The Hall–Kier alpha value is 2.52. The molecule has 4 heteroatoms. The van der Waals surface area contributed by atoms with E-state index in [1.54, 1.807) is 0 Å². The van der Waals surface area contributed by atoms with Crippen LogP contribution in [0.4, 0.5) is 0 Å².